The molecule has 5 nitrogen and oxygen atoms in total. The Morgan fingerprint density at radius 1 is 1.24 bits per heavy atom. The SMILES string of the molecule is CC(C)C(CN(C)C)NS(=O)(=O)c1c(Cl)cc(N)cc1Cl. The van der Waals surface area contributed by atoms with Gasteiger partial charge in [0, 0.05) is 18.3 Å². The molecule has 1 aromatic rings. The summed E-state index contributed by atoms with van der Waals surface area (Å²) < 4.78 is 27.7. The molecule has 0 heterocycles. The van der Waals surface area contributed by atoms with Gasteiger partial charge in [0.1, 0.15) is 4.90 Å². The predicted molar refractivity (Wildman–Crippen MR) is 88.4 cm³/mol. The van der Waals surface area contributed by atoms with E-state index in [4.69, 9.17) is 28.9 Å². The highest BCUT2D eigenvalue weighted by Gasteiger charge is 2.27. The van der Waals surface area contributed by atoms with E-state index in [9.17, 15) is 8.42 Å². The van der Waals surface area contributed by atoms with Crippen LogP contribution in [0.3, 0.4) is 0 Å². The third-order valence-corrected chi connectivity index (χ3v) is 5.37. The van der Waals surface area contributed by atoms with Crippen LogP contribution in [0, 0.1) is 5.92 Å². The van der Waals surface area contributed by atoms with Crippen LogP contribution >= 0.6 is 23.2 Å². The number of hydrogen-bond acceptors (Lipinski definition) is 4. The minimum Gasteiger partial charge on any atom is -0.399 e. The van der Waals surface area contributed by atoms with Gasteiger partial charge in [-0.1, -0.05) is 37.0 Å². The van der Waals surface area contributed by atoms with E-state index in [0.717, 1.165) is 0 Å². The van der Waals surface area contributed by atoms with Crippen LogP contribution in [0.1, 0.15) is 13.8 Å². The number of halogens is 2. The number of nitrogens with zero attached hydrogens (tertiary/aromatic N) is 1. The third-order valence-electron chi connectivity index (χ3n) is 2.96. The fraction of sp³-hybridized carbons (Fsp3) is 0.538. The molecule has 0 fully saturated rings. The Balaban J connectivity index is 3.17. The largest absolute Gasteiger partial charge is 0.399 e. The first-order valence-electron chi connectivity index (χ1n) is 6.46. The van der Waals surface area contributed by atoms with Crippen LogP contribution in [0.5, 0.6) is 0 Å². The second-order valence-electron chi connectivity index (χ2n) is 5.55. The molecule has 0 spiro atoms. The summed E-state index contributed by atoms with van der Waals surface area (Å²) in [4.78, 5) is 1.78. The molecule has 3 N–H and O–H groups in total. The predicted octanol–water partition coefficient (Wildman–Crippen LogP) is 2.44. The zero-order valence-electron chi connectivity index (χ0n) is 12.5. The molecule has 0 saturated carbocycles. The molecule has 0 bridgehead atoms. The van der Waals surface area contributed by atoms with Crippen molar-refractivity contribution in [3.8, 4) is 0 Å². The van der Waals surface area contributed by atoms with E-state index in [0.29, 0.717) is 12.2 Å². The van der Waals surface area contributed by atoms with Crippen molar-refractivity contribution < 1.29 is 8.42 Å². The van der Waals surface area contributed by atoms with E-state index < -0.39 is 10.0 Å². The maximum Gasteiger partial charge on any atom is 0.243 e. The fourth-order valence-electron chi connectivity index (χ4n) is 1.87. The fourth-order valence-corrected chi connectivity index (χ4v) is 4.48. The van der Waals surface area contributed by atoms with Crippen molar-refractivity contribution in [1.29, 1.82) is 0 Å². The monoisotopic (exact) mass is 353 g/mol. The van der Waals surface area contributed by atoms with Crippen molar-refractivity contribution in [2.75, 3.05) is 26.4 Å². The number of sulfonamides is 1. The first kappa shape index (κ1) is 18.5. The summed E-state index contributed by atoms with van der Waals surface area (Å²) in [7, 11) is -0.0608. The number of benzene rings is 1. The summed E-state index contributed by atoms with van der Waals surface area (Å²) in [5.74, 6) is 0.119. The highest BCUT2D eigenvalue weighted by atomic mass is 35.5. The highest BCUT2D eigenvalue weighted by molar-refractivity contribution is 7.89. The lowest BCUT2D eigenvalue weighted by molar-refractivity contribution is 0.314. The zero-order chi connectivity index (χ0) is 16.4. The average molecular weight is 354 g/mol. The number of hydrogen-bond donors (Lipinski definition) is 2. The van der Waals surface area contributed by atoms with Crippen LogP contribution in [-0.4, -0.2) is 40.0 Å². The summed E-state index contributed by atoms with van der Waals surface area (Å²) >= 11 is 12.0. The van der Waals surface area contributed by atoms with Gasteiger partial charge in [-0.15, -0.1) is 0 Å². The third kappa shape index (κ3) is 5.00. The molecule has 1 aromatic carbocycles. The molecule has 0 aliphatic rings. The summed E-state index contributed by atoms with van der Waals surface area (Å²) in [6.07, 6.45) is 0. The minimum absolute atomic E-state index is 0.0138. The minimum atomic E-state index is -3.82. The van der Waals surface area contributed by atoms with Crippen LogP contribution in [0.25, 0.3) is 0 Å². The van der Waals surface area contributed by atoms with E-state index >= 15 is 0 Å². The maximum atomic E-state index is 12.5. The van der Waals surface area contributed by atoms with Crippen molar-refractivity contribution >= 4 is 38.9 Å². The summed E-state index contributed by atoms with van der Waals surface area (Å²) in [5, 5.41) is 0.0275. The lowest BCUT2D eigenvalue weighted by atomic mass is 10.1. The maximum absolute atomic E-state index is 12.5. The molecule has 0 aromatic heterocycles. The smallest absolute Gasteiger partial charge is 0.243 e. The Hall–Kier alpha value is -0.530. The molecule has 21 heavy (non-hydrogen) atoms. The first-order valence-corrected chi connectivity index (χ1v) is 8.70. The van der Waals surface area contributed by atoms with Gasteiger partial charge >= 0.3 is 0 Å². The van der Waals surface area contributed by atoms with Crippen molar-refractivity contribution in [2.45, 2.75) is 24.8 Å². The van der Waals surface area contributed by atoms with Gasteiger partial charge in [0.05, 0.1) is 10.0 Å². The van der Waals surface area contributed by atoms with E-state index in [2.05, 4.69) is 4.72 Å². The molecule has 1 unspecified atom stereocenters. The van der Waals surface area contributed by atoms with Crippen molar-refractivity contribution in [1.82, 2.24) is 9.62 Å². The lowest BCUT2D eigenvalue weighted by Gasteiger charge is -2.25. The number of rotatable bonds is 6. The summed E-state index contributed by atoms with van der Waals surface area (Å²) in [6.45, 7) is 4.47. The van der Waals surface area contributed by atoms with Crippen molar-refractivity contribution in [2.24, 2.45) is 5.92 Å². The van der Waals surface area contributed by atoms with E-state index in [1.807, 2.05) is 32.8 Å². The lowest BCUT2D eigenvalue weighted by Crippen LogP contribution is -2.45. The topological polar surface area (TPSA) is 75.4 Å². The van der Waals surface area contributed by atoms with Crippen LogP contribution in [0.4, 0.5) is 5.69 Å². The molecule has 0 radical (unpaired) electrons. The Labute approximate surface area is 136 Å². The second kappa shape index (κ2) is 7.15. The van der Waals surface area contributed by atoms with Gasteiger partial charge in [-0.05, 0) is 32.1 Å². The Bertz CT molecular complexity index is 580. The Morgan fingerprint density at radius 3 is 2.10 bits per heavy atom. The molecule has 1 rings (SSSR count). The van der Waals surface area contributed by atoms with E-state index in [1.165, 1.54) is 12.1 Å². The molecular formula is C13H21Cl2N3O2S. The van der Waals surface area contributed by atoms with Gasteiger partial charge in [0.25, 0.3) is 0 Å². The Kier molecular flexibility index (Phi) is 6.31. The first-order chi connectivity index (χ1) is 9.54. The van der Waals surface area contributed by atoms with Gasteiger partial charge < -0.3 is 10.6 Å². The summed E-state index contributed by atoms with van der Waals surface area (Å²) in [6, 6.07) is 2.49. The molecule has 8 heteroatoms. The molecule has 0 aliphatic heterocycles. The van der Waals surface area contributed by atoms with Gasteiger partial charge in [-0.3, -0.25) is 0 Å². The van der Waals surface area contributed by atoms with Gasteiger partial charge in [-0.2, -0.15) is 0 Å². The average Bonchev–Trinajstić information content (AvgIpc) is 2.24. The van der Waals surface area contributed by atoms with Gasteiger partial charge in [0.2, 0.25) is 10.0 Å². The van der Waals surface area contributed by atoms with E-state index in [-0.39, 0.29) is 26.9 Å². The van der Waals surface area contributed by atoms with Gasteiger partial charge in [-0.25, -0.2) is 13.1 Å². The van der Waals surface area contributed by atoms with Crippen molar-refractivity contribution in [3.63, 3.8) is 0 Å². The van der Waals surface area contributed by atoms with Gasteiger partial charge in [0.15, 0.2) is 0 Å². The Morgan fingerprint density at radius 2 is 1.71 bits per heavy atom. The zero-order valence-corrected chi connectivity index (χ0v) is 14.9. The van der Waals surface area contributed by atoms with Crippen LogP contribution < -0.4 is 10.5 Å². The van der Waals surface area contributed by atoms with Crippen molar-refractivity contribution in [3.05, 3.63) is 22.2 Å². The molecule has 0 saturated heterocycles. The molecular weight excluding hydrogens is 333 g/mol. The molecule has 120 valence electrons. The quantitative estimate of drug-likeness (QED) is 0.770. The number of nitrogen functional groups attached to an aromatic ring is 1. The molecule has 0 aliphatic carbocycles. The standard InChI is InChI=1S/C13H21Cl2N3O2S/c1-8(2)12(7-18(3)4)17-21(19,20)13-10(14)5-9(16)6-11(13)15/h5-6,8,12,17H,7,16H2,1-4H3. The number of nitrogens with two attached hydrogens (primary N) is 1. The molecule has 0 amide bonds. The number of likely N-dealkylation sites (N-methyl/N-ethyl adjacent to an activating group) is 1. The number of anilines is 1. The second-order valence-corrected chi connectivity index (χ2v) is 8.01. The normalized spacial score (nSPS) is 13.9. The summed E-state index contributed by atoms with van der Waals surface area (Å²) in [5.41, 5.74) is 5.91. The number of nitrogens with one attached hydrogen (secondary N) is 1. The highest BCUT2D eigenvalue weighted by Crippen LogP contribution is 2.32. The molecule has 1 atom stereocenters. The van der Waals surface area contributed by atoms with Crippen LogP contribution in [0.15, 0.2) is 17.0 Å². The van der Waals surface area contributed by atoms with Crippen LogP contribution in [0.2, 0.25) is 10.0 Å². The van der Waals surface area contributed by atoms with E-state index in [1.54, 1.807) is 0 Å². The van der Waals surface area contributed by atoms with Crippen LogP contribution in [-0.2, 0) is 10.0 Å².